The van der Waals surface area contributed by atoms with Gasteiger partial charge in [-0.05, 0) is 85.5 Å². The van der Waals surface area contributed by atoms with Crippen LogP contribution in [0.25, 0.3) is 0 Å². The van der Waals surface area contributed by atoms with Crippen molar-refractivity contribution in [1.82, 2.24) is 5.32 Å². The smallest absolute Gasteiger partial charge is 0.241 e. The molecule has 1 saturated heterocycles. The van der Waals surface area contributed by atoms with Gasteiger partial charge in [0.1, 0.15) is 29.0 Å². The first-order valence-corrected chi connectivity index (χ1v) is 9.98. The molecule has 7 heteroatoms. The third-order valence-corrected chi connectivity index (χ3v) is 5.23. The Morgan fingerprint density at radius 3 is 2.26 bits per heavy atom. The van der Waals surface area contributed by atoms with Crippen LogP contribution >= 0.6 is 0 Å². The van der Waals surface area contributed by atoms with Crippen molar-refractivity contribution in [3.63, 3.8) is 0 Å². The van der Waals surface area contributed by atoms with Crippen LogP contribution in [-0.2, 0) is 11.2 Å². The predicted molar refractivity (Wildman–Crippen MR) is 112 cm³/mol. The van der Waals surface area contributed by atoms with Crippen LogP contribution in [0.15, 0.2) is 66.7 Å². The van der Waals surface area contributed by atoms with Crippen LogP contribution in [0.2, 0.25) is 0 Å². The molecule has 0 spiro atoms. The van der Waals surface area contributed by atoms with Crippen molar-refractivity contribution in [3.05, 3.63) is 89.7 Å². The third-order valence-electron chi connectivity index (χ3n) is 5.23. The first-order chi connectivity index (χ1) is 15.0. The minimum absolute atomic E-state index is 0.0854. The molecule has 160 valence electrons. The molecule has 4 rings (SSSR count). The van der Waals surface area contributed by atoms with Gasteiger partial charge in [-0.25, -0.2) is 13.2 Å². The summed E-state index contributed by atoms with van der Waals surface area (Å²) in [5.41, 5.74) is 1.07. The van der Waals surface area contributed by atoms with E-state index in [2.05, 4.69) is 10.6 Å². The number of rotatable bonds is 6. The zero-order valence-electron chi connectivity index (χ0n) is 16.6. The highest BCUT2D eigenvalue weighted by atomic mass is 19.1. The molecule has 2 atom stereocenters. The third kappa shape index (κ3) is 5.44. The maximum Gasteiger partial charge on any atom is 0.241 e. The van der Waals surface area contributed by atoms with Crippen LogP contribution in [-0.4, -0.2) is 18.5 Å². The highest BCUT2D eigenvalue weighted by Crippen LogP contribution is 2.25. The van der Waals surface area contributed by atoms with Crippen molar-refractivity contribution in [1.29, 1.82) is 0 Å². The summed E-state index contributed by atoms with van der Waals surface area (Å²) >= 11 is 0. The van der Waals surface area contributed by atoms with Gasteiger partial charge in [0.2, 0.25) is 5.91 Å². The average molecular weight is 426 g/mol. The molecule has 1 amide bonds. The summed E-state index contributed by atoms with van der Waals surface area (Å²) < 4.78 is 45.5. The van der Waals surface area contributed by atoms with Gasteiger partial charge in [-0.2, -0.15) is 0 Å². The van der Waals surface area contributed by atoms with Gasteiger partial charge in [0.15, 0.2) is 0 Å². The number of halogens is 3. The van der Waals surface area contributed by atoms with E-state index in [0.29, 0.717) is 42.1 Å². The number of hydrogen-bond donors (Lipinski definition) is 2. The monoisotopic (exact) mass is 426 g/mol. The lowest BCUT2D eigenvalue weighted by molar-refractivity contribution is -0.117. The molecule has 2 N–H and O–H groups in total. The second-order valence-corrected chi connectivity index (χ2v) is 7.57. The van der Waals surface area contributed by atoms with E-state index in [-0.39, 0.29) is 23.7 Å². The second kappa shape index (κ2) is 9.22. The maximum atomic E-state index is 13.9. The normalized spacial score (nSPS) is 18.0. The molecule has 4 nitrogen and oxygen atoms in total. The van der Waals surface area contributed by atoms with E-state index in [1.807, 2.05) is 0 Å². The Morgan fingerprint density at radius 1 is 0.935 bits per heavy atom. The van der Waals surface area contributed by atoms with E-state index in [0.717, 1.165) is 6.07 Å². The van der Waals surface area contributed by atoms with E-state index in [9.17, 15) is 18.0 Å². The van der Waals surface area contributed by atoms with Gasteiger partial charge in [0.05, 0.1) is 6.04 Å². The van der Waals surface area contributed by atoms with Crippen molar-refractivity contribution in [2.75, 3.05) is 11.9 Å². The Balaban J connectivity index is 1.29. The van der Waals surface area contributed by atoms with Crippen LogP contribution in [0, 0.1) is 23.4 Å². The molecule has 0 saturated carbocycles. The van der Waals surface area contributed by atoms with Crippen molar-refractivity contribution in [2.45, 2.75) is 18.9 Å². The number of anilines is 1. The Labute approximate surface area is 178 Å². The van der Waals surface area contributed by atoms with Gasteiger partial charge in [0, 0.05) is 11.8 Å². The van der Waals surface area contributed by atoms with Crippen molar-refractivity contribution < 1.29 is 22.7 Å². The minimum atomic E-state index is -0.600. The van der Waals surface area contributed by atoms with Crippen LogP contribution in [0.1, 0.15) is 12.0 Å². The van der Waals surface area contributed by atoms with Gasteiger partial charge in [-0.1, -0.05) is 6.07 Å². The molecule has 1 aliphatic rings. The predicted octanol–water partition coefficient (Wildman–Crippen LogP) is 5.06. The molecule has 1 heterocycles. The number of carbonyl (C=O) groups excluding carboxylic acids is 1. The van der Waals surface area contributed by atoms with Gasteiger partial charge in [-0.15, -0.1) is 0 Å². The number of amides is 1. The van der Waals surface area contributed by atoms with E-state index >= 15 is 0 Å². The maximum absolute atomic E-state index is 13.9. The number of nitrogens with one attached hydrogen (secondary N) is 2. The highest BCUT2D eigenvalue weighted by molar-refractivity contribution is 5.95. The van der Waals surface area contributed by atoms with Crippen LogP contribution in [0.4, 0.5) is 18.9 Å². The molecule has 3 aromatic rings. The molecule has 0 aliphatic carbocycles. The number of hydrogen-bond acceptors (Lipinski definition) is 3. The van der Waals surface area contributed by atoms with Crippen molar-refractivity contribution >= 4 is 11.6 Å². The Morgan fingerprint density at radius 2 is 1.58 bits per heavy atom. The second-order valence-electron chi connectivity index (χ2n) is 7.57. The fraction of sp³-hybridized carbons (Fsp3) is 0.208. The van der Waals surface area contributed by atoms with Crippen LogP contribution < -0.4 is 15.4 Å². The SMILES string of the molecule is O=C(Nc1ccc(Oc2ccc(F)cc2)cc1)[C@@H]1C[C@@H](Cc2ccc(F)cc2F)CN1. The molecule has 3 aromatic carbocycles. The zero-order chi connectivity index (χ0) is 21.8. The van der Waals surface area contributed by atoms with Gasteiger partial charge < -0.3 is 15.4 Å². The minimum Gasteiger partial charge on any atom is -0.457 e. The van der Waals surface area contributed by atoms with E-state index < -0.39 is 11.6 Å². The molecule has 1 aliphatic heterocycles. The summed E-state index contributed by atoms with van der Waals surface area (Å²) in [6.07, 6.45) is 1.01. The topological polar surface area (TPSA) is 50.4 Å². The highest BCUT2D eigenvalue weighted by Gasteiger charge is 2.30. The molecule has 0 unspecified atom stereocenters. The molecule has 31 heavy (non-hydrogen) atoms. The molecular weight excluding hydrogens is 405 g/mol. The van der Waals surface area contributed by atoms with Gasteiger partial charge >= 0.3 is 0 Å². The quantitative estimate of drug-likeness (QED) is 0.580. The van der Waals surface area contributed by atoms with Gasteiger partial charge in [-0.3, -0.25) is 4.79 Å². The van der Waals surface area contributed by atoms with E-state index in [4.69, 9.17) is 4.74 Å². The number of benzene rings is 3. The summed E-state index contributed by atoms with van der Waals surface area (Å²) in [6.45, 7) is 0.583. The van der Waals surface area contributed by atoms with Crippen molar-refractivity contribution in [3.8, 4) is 11.5 Å². The van der Waals surface area contributed by atoms with Crippen LogP contribution in [0.3, 0.4) is 0 Å². The zero-order valence-corrected chi connectivity index (χ0v) is 16.6. The standard InChI is InChI=1S/C24H21F3N2O2/c25-17-3-7-20(8-4-17)31-21-9-5-19(6-10-21)29-24(30)23-12-15(14-28-23)11-16-1-2-18(26)13-22(16)27/h1-10,13,15,23,28H,11-12,14H2,(H,29,30)/t15-,23+/m1/s1. The Bertz CT molecular complexity index is 1060. The first-order valence-electron chi connectivity index (χ1n) is 9.98. The Hall–Kier alpha value is -3.32. The lowest BCUT2D eigenvalue weighted by atomic mass is 9.96. The summed E-state index contributed by atoms with van der Waals surface area (Å²) in [4.78, 5) is 12.6. The number of carbonyl (C=O) groups is 1. The summed E-state index contributed by atoms with van der Waals surface area (Å²) in [7, 11) is 0. The fourth-order valence-corrected chi connectivity index (χ4v) is 3.64. The Kier molecular flexibility index (Phi) is 6.23. The molecule has 0 bridgehead atoms. The van der Waals surface area contributed by atoms with Crippen molar-refractivity contribution in [2.24, 2.45) is 5.92 Å². The van der Waals surface area contributed by atoms with E-state index in [1.54, 1.807) is 24.3 Å². The average Bonchev–Trinajstić information content (AvgIpc) is 3.22. The van der Waals surface area contributed by atoms with Gasteiger partial charge in [0.25, 0.3) is 0 Å². The van der Waals surface area contributed by atoms with E-state index in [1.165, 1.54) is 36.4 Å². The summed E-state index contributed by atoms with van der Waals surface area (Å²) in [5, 5.41) is 6.02. The largest absolute Gasteiger partial charge is 0.457 e. The number of ether oxygens (including phenoxy) is 1. The lowest BCUT2D eigenvalue weighted by Crippen LogP contribution is -2.35. The first kappa shape index (κ1) is 20.9. The lowest BCUT2D eigenvalue weighted by Gasteiger charge is -2.13. The molecule has 0 aromatic heterocycles. The summed E-state index contributed by atoms with van der Waals surface area (Å²) in [6, 6.07) is 15.7. The molecule has 1 fully saturated rings. The fourth-order valence-electron chi connectivity index (χ4n) is 3.64. The van der Waals surface area contributed by atoms with Crippen LogP contribution in [0.5, 0.6) is 11.5 Å². The molecule has 0 radical (unpaired) electrons. The summed E-state index contributed by atoms with van der Waals surface area (Å²) in [5.74, 6) is -0.512. The molecular formula is C24H21F3N2O2.